The van der Waals surface area contributed by atoms with Crippen LogP contribution >= 0.6 is 0 Å². The van der Waals surface area contributed by atoms with E-state index in [1.807, 2.05) is 12.4 Å². The Kier molecular flexibility index (Phi) is 15.8. The molecule has 0 aliphatic heterocycles. The molecule has 35 heavy (non-hydrogen) atoms. The first-order valence-electron chi connectivity index (χ1n) is 14.4. The highest BCUT2D eigenvalue weighted by molar-refractivity contribution is 5.80. The molecule has 0 aromatic heterocycles. The largest absolute Gasteiger partial charge is 0.290 e. The highest BCUT2D eigenvalue weighted by Crippen LogP contribution is 2.12. The Morgan fingerprint density at radius 3 is 1.66 bits per heavy atom. The van der Waals surface area contributed by atoms with Crippen molar-refractivity contribution < 1.29 is 0 Å². The van der Waals surface area contributed by atoms with Gasteiger partial charge in [-0.05, 0) is 54.9 Å². The fraction of sp³-hybridized carbons (Fsp3) is 0.576. The highest BCUT2D eigenvalue weighted by atomic mass is 14.8. The molecule has 0 amide bonds. The summed E-state index contributed by atoms with van der Waals surface area (Å²) < 4.78 is 0. The summed E-state index contributed by atoms with van der Waals surface area (Å²) in [5, 5.41) is 0. The zero-order chi connectivity index (χ0) is 25.0. The van der Waals surface area contributed by atoms with Crippen molar-refractivity contribution in [1.82, 2.24) is 0 Å². The van der Waals surface area contributed by atoms with Crippen molar-refractivity contribution in [2.24, 2.45) is 9.98 Å². The molecule has 1 atom stereocenters. The van der Waals surface area contributed by atoms with Crippen LogP contribution in [0.15, 0.2) is 58.5 Å². The zero-order valence-electron chi connectivity index (χ0n) is 22.9. The molecule has 2 heteroatoms. The first-order chi connectivity index (χ1) is 17.2. The number of benzene rings is 2. The second-order valence-electron chi connectivity index (χ2n) is 10.1. The summed E-state index contributed by atoms with van der Waals surface area (Å²) in [6.45, 7) is 7.41. The predicted octanol–water partition coefficient (Wildman–Crippen LogP) is 9.42. The Hall–Kier alpha value is -2.22. The Morgan fingerprint density at radius 1 is 0.629 bits per heavy atom. The molecule has 2 nitrogen and oxygen atoms in total. The molecular formula is C33H50N2. The molecule has 0 saturated carbocycles. The average Bonchev–Trinajstić information content (AvgIpc) is 2.87. The highest BCUT2D eigenvalue weighted by Gasteiger charge is 2.00. The van der Waals surface area contributed by atoms with E-state index in [-0.39, 0.29) is 6.04 Å². The van der Waals surface area contributed by atoms with E-state index in [4.69, 9.17) is 4.99 Å². The van der Waals surface area contributed by atoms with E-state index in [1.165, 1.54) is 112 Å². The molecule has 0 aliphatic rings. The van der Waals surface area contributed by atoms with Gasteiger partial charge in [-0.1, -0.05) is 127 Å². The van der Waals surface area contributed by atoms with Crippen LogP contribution in [0.5, 0.6) is 0 Å². The zero-order valence-corrected chi connectivity index (χ0v) is 22.9. The molecule has 0 N–H and O–H groups in total. The van der Waals surface area contributed by atoms with Crippen LogP contribution in [-0.4, -0.2) is 25.0 Å². The summed E-state index contributed by atoms with van der Waals surface area (Å²) >= 11 is 0. The molecule has 0 heterocycles. The van der Waals surface area contributed by atoms with Gasteiger partial charge in [-0.25, -0.2) is 0 Å². The lowest BCUT2D eigenvalue weighted by Gasteiger charge is -2.05. The van der Waals surface area contributed by atoms with Crippen molar-refractivity contribution in [3.8, 4) is 0 Å². The average molecular weight is 475 g/mol. The minimum atomic E-state index is 0.180. The Morgan fingerprint density at radius 2 is 1.11 bits per heavy atom. The van der Waals surface area contributed by atoms with E-state index in [0.717, 1.165) is 6.54 Å². The van der Waals surface area contributed by atoms with Gasteiger partial charge in [-0.15, -0.1) is 0 Å². The Labute approximate surface area is 216 Å². The maximum absolute atomic E-state index is 4.75. The monoisotopic (exact) mass is 474 g/mol. The standard InChI is InChI=1S/C33H50N2/c1-4-6-8-10-12-14-18-30-20-16-22-32(24-30)27-34-26-29(3)35-28-33-23-17-21-31(25-33)19-15-13-11-9-7-5-2/h16-17,20-25,27-29H,4-15,18-19,26H2,1-3H3. The minimum absolute atomic E-state index is 0.180. The van der Waals surface area contributed by atoms with Crippen LogP contribution in [0.3, 0.4) is 0 Å². The van der Waals surface area contributed by atoms with Crippen LogP contribution in [0.1, 0.15) is 120 Å². The van der Waals surface area contributed by atoms with Gasteiger partial charge in [0.15, 0.2) is 0 Å². The van der Waals surface area contributed by atoms with Crippen molar-refractivity contribution in [2.75, 3.05) is 6.54 Å². The maximum Gasteiger partial charge on any atom is 0.0666 e. The fourth-order valence-corrected chi connectivity index (χ4v) is 4.45. The third kappa shape index (κ3) is 14.1. The van der Waals surface area contributed by atoms with Crippen molar-refractivity contribution >= 4 is 12.4 Å². The van der Waals surface area contributed by atoms with Gasteiger partial charge in [0.25, 0.3) is 0 Å². The number of hydrogen-bond acceptors (Lipinski definition) is 2. The van der Waals surface area contributed by atoms with Gasteiger partial charge in [0.2, 0.25) is 0 Å². The topological polar surface area (TPSA) is 24.7 Å². The van der Waals surface area contributed by atoms with Crippen LogP contribution in [-0.2, 0) is 12.8 Å². The normalized spacial score (nSPS) is 12.7. The van der Waals surface area contributed by atoms with Crippen molar-refractivity contribution in [3.63, 3.8) is 0 Å². The van der Waals surface area contributed by atoms with E-state index >= 15 is 0 Å². The van der Waals surface area contributed by atoms with E-state index < -0.39 is 0 Å². The molecule has 0 radical (unpaired) electrons. The summed E-state index contributed by atoms with van der Waals surface area (Å²) in [6, 6.07) is 17.9. The van der Waals surface area contributed by atoms with Crippen LogP contribution in [0.25, 0.3) is 0 Å². The van der Waals surface area contributed by atoms with Crippen LogP contribution in [0, 0.1) is 0 Å². The molecule has 1 unspecified atom stereocenters. The second-order valence-corrected chi connectivity index (χ2v) is 10.1. The Balaban J connectivity index is 1.72. The molecule has 0 aliphatic carbocycles. The summed E-state index contributed by atoms with van der Waals surface area (Å²) in [7, 11) is 0. The van der Waals surface area contributed by atoms with Crippen molar-refractivity contribution in [3.05, 3.63) is 70.8 Å². The van der Waals surface area contributed by atoms with Gasteiger partial charge in [0, 0.05) is 12.4 Å². The van der Waals surface area contributed by atoms with Gasteiger partial charge in [0.05, 0.1) is 12.6 Å². The lowest BCUT2D eigenvalue weighted by molar-refractivity contribution is 0.607. The van der Waals surface area contributed by atoms with Gasteiger partial charge < -0.3 is 0 Å². The molecule has 2 rings (SSSR count). The summed E-state index contributed by atoms with van der Waals surface area (Å²) in [4.78, 5) is 9.42. The van der Waals surface area contributed by atoms with Crippen LogP contribution in [0.2, 0.25) is 0 Å². The van der Waals surface area contributed by atoms with E-state index in [9.17, 15) is 0 Å². The molecule has 2 aromatic rings. The van der Waals surface area contributed by atoms with E-state index in [2.05, 4.69) is 74.3 Å². The molecular weight excluding hydrogens is 424 g/mol. The predicted molar refractivity (Wildman–Crippen MR) is 157 cm³/mol. The molecule has 0 spiro atoms. The van der Waals surface area contributed by atoms with Gasteiger partial charge in [-0.3, -0.25) is 9.98 Å². The molecule has 0 fully saturated rings. The lowest BCUT2D eigenvalue weighted by Crippen LogP contribution is -2.04. The van der Waals surface area contributed by atoms with Crippen LogP contribution < -0.4 is 0 Å². The second kappa shape index (κ2) is 19.0. The molecule has 2 aromatic carbocycles. The third-order valence-corrected chi connectivity index (χ3v) is 6.63. The number of aryl methyl sites for hydroxylation is 2. The lowest BCUT2D eigenvalue weighted by atomic mass is 10.0. The van der Waals surface area contributed by atoms with Crippen molar-refractivity contribution in [1.29, 1.82) is 0 Å². The van der Waals surface area contributed by atoms with Gasteiger partial charge in [0.1, 0.15) is 0 Å². The number of unbranched alkanes of at least 4 members (excludes halogenated alkanes) is 10. The van der Waals surface area contributed by atoms with Crippen molar-refractivity contribution in [2.45, 2.75) is 117 Å². The van der Waals surface area contributed by atoms with E-state index in [0.29, 0.717) is 0 Å². The summed E-state index contributed by atoms with van der Waals surface area (Å²) in [6.07, 6.45) is 22.5. The summed E-state index contributed by atoms with van der Waals surface area (Å²) in [5.41, 5.74) is 5.26. The third-order valence-electron chi connectivity index (χ3n) is 6.63. The number of aliphatic imine (C=N–C) groups is 2. The minimum Gasteiger partial charge on any atom is -0.290 e. The SMILES string of the molecule is CCCCCCCCc1cccc(C=NCC(C)N=Cc2cccc(CCCCCCCC)c2)c1. The first kappa shape index (κ1) is 29.0. The van der Waals surface area contributed by atoms with Gasteiger partial charge in [-0.2, -0.15) is 0 Å². The summed E-state index contributed by atoms with van der Waals surface area (Å²) in [5.74, 6) is 0. The van der Waals surface area contributed by atoms with Crippen LogP contribution in [0.4, 0.5) is 0 Å². The van der Waals surface area contributed by atoms with Gasteiger partial charge >= 0.3 is 0 Å². The number of hydrogen-bond donors (Lipinski definition) is 0. The Bertz CT molecular complexity index is 852. The fourth-order valence-electron chi connectivity index (χ4n) is 4.45. The first-order valence-corrected chi connectivity index (χ1v) is 14.4. The molecule has 192 valence electrons. The maximum atomic E-state index is 4.75. The number of rotatable bonds is 19. The van der Waals surface area contributed by atoms with E-state index in [1.54, 1.807) is 0 Å². The molecule has 0 saturated heterocycles. The molecule has 0 bridgehead atoms. The smallest absolute Gasteiger partial charge is 0.0666 e. The number of nitrogens with zero attached hydrogens (tertiary/aromatic N) is 2. The quantitative estimate of drug-likeness (QED) is 0.143.